The maximum Gasteiger partial charge on any atom is 0.295 e. The number of nitrogens with one attached hydrogen (secondary N) is 1. The molecule has 0 aliphatic carbocycles. The third-order valence-electron chi connectivity index (χ3n) is 4.04. The van der Waals surface area contributed by atoms with Crippen LogP contribution in [0.4, 0.5) is 0 Å². The van der Waals surface area contributed by atoms with Crippen LogP contribution in [-0.2, 0) is 0 Å². The Kier molecular flexibility index (Phi) is 4.31. The van der Waals surface area contributed by atoms with Crippen molar-refractivity contribution in [1.29, 1.82) is 0 Å². The molecule has 1 amide bonds. The van der Waals surface area contributed by atoms with Crippen molar-refractivity contribution in [3.05, 3.63) is 24.4 Å². The summed E-state index contributed by atoms with van der Waals surface area (Å²) in [6, 6.07) is 0.100. The third kappa shape index (κ3) is 3.14. The van der Waals surface area contributed by atoms with Crippen molar-refractivity contribution in [2.45, 2.75) is 18.9 Å². The zero-order valence-electron chi connectivity index (χ0n) is 12.1. The lowest BCUT2D eigenvalue weighted by atomic mass is 10.2. The zero-order valence-corrected chi connectivity index (χ0v) is 12.1. The van der Waals surface area contributed by atoms with Gasteiger partial charge in [0.1, 0.15) is 0 Å². The third-order valence-corrected chi connectivity index (χ3v) is 4.04. The smallest absolute Gasteiger partial charge is 0.295 e. The lowest BCUT2D eigenvalue weighted by molar-refractivity contribution is 0.0635. The Hall–Kier alpha value is -1.73. The molecule has 0 spiro atoms. The highest BCUT2D eigenvalue weighted by molar-refractivity contribution is 5.90. The summed E-state index contributed by atoms with van der Waals surface area (Å²) in [6.07, 6.45) is 3.97. The number of hydrogen-bond acceptors (Lipinski definition) is 6. The fourth-order valence-electron chi connectivity index (χ4n) is 2.82. The fourth-order valence-corrected chi connectivity index (χ4v) is 2.82. The number of amides is 1. The van der Waals surface area contributed by atoms with Gasteiger partial charge in [0.15, 0.2) is 0 Å². The second-order valence-corrected chi connectivity index (χ2v) is 5.49. The van der Waals surface area contributed by atoms with Gasteiger partial charge in [0.05, 0.1) is 6.04 Å². The molecule has 114 valence electrons. The summed E-state index contributed by atoms with van der Waals surface area (Å²) in [7, 11) is 0. The van der Waals surface area contributed by atoms with Gasteiger partial charge in [-0.25, -0.2) is 0 Å². The summed E-state index contributed by atoms with van der Waals surface area (Å²) in [6.45, 7) is 8.65. The molecule has 2 fully saturated rings. The van der Waals surface area contributed by atoms with E-state index in [4.69, 9.17) is 4.52 Å². The standard InChI is InChI=1S/C14H21N5O2/c1-2-6-18-7-9-19(10-8-18)14(20)12-16-13(21-17-12)11-4-3-5-15-11/h2,11,15H,1,3-10H2. The number of nitrogens with zero attached hydrogens (tertiary/aromatic N) is 4. The minimum Gasteiger partial charge on any atom is -0.337 e. The number of carbonyl (C=O) groups excluding carboxylic acids is 1. The predicted octanol–water partition coefficient (Wildman–Crippen LogP) is 0.438. The maximum atomic E-state index is 12.4. The van der Waals surface area contributed by atoms with Crippen LogP contribution in [0.1, 0.15) is 35.4 Å². The first-order chi connectivity index (χ1) is 10.3. The Balaban J connectivity index is 1.59. The van der Waals surface area contributed by atoms with Crippen LogP contribution in [0.5, 0.6) is 0 Å². The van der Waals surface area contributed by atoms with Crippen molar-refractivity contribution in [3.63, 3.8) is 0 Å². The van der Waals surface area contributed by atoms with Crippen LogP contribution in [0, 0.1) is 0 Å². The Labute approximate surface area is 124 Å². The molecule has 2 saturated heterocycles. The van der Waals surface area contributed by atoms with Crippen LogP contribution in [0.25, 0.3) is 0 Å². The average molecular weight is 291 g/mol. The van der Waals surface area contributed by atoms with Crippen LogP contribution >= 0.6 is 0 Å². The number of carbonyl (C=O) groups is 1. The van der Waals surface area contributed by atoms with Crippen molar-refractivity contribution in [1.82, 2.24) is 25.3 Å². The van der Waals surface area contributed by atoms with Crippen LogP contribution in [-0.4, -0.2) is 65.1 Å². The van der Waals surface area contributed by atoms with E-state index in [9.17, 15) is 4.79 Å². The molecular weight excluding hydrogens is 270 g/mol. The van der Waals surface area contributed by atoms with Gasteiger partial charge in [-0.1, -0.05) is 11.2 Å². The first kappa shape index (κ1) is 14.2. The lowest BCUT2D eigenvalue weighted by Crippen LogP contribution is -2.48. The van der Waals surface area contributed by atoms with E-state index in [-0.39, 0.29) is 17.8 Å². The van der Waals surface area contributed by atoms with E-state index in [1.54, 1.807) is 4.90 Å². The minimum absolute atomic E-state index is 0.100. The fraction of sp³-hybridized carbons (Fsp3) is 0.643. The summed E-state index contributed by atoms with van der Waals surface area (Å²) in [5, 5.41) is 7.13. The number of hydrogen-bond donors (Lipinski definition) is 1. The van der Waals surface area contributed by atoms with Gasteiger partial charge in [-0.2, -0.15) is 4.98 Å². The largest absolute Gasteiger partial charge is 0.337 e. The molecule has 3 heterocycles. The predicted molar refractivity (Wildman–Crippen MR) is 76.8 cm³/mol. The van der Waals surface area contributed by atoms with E-state index in [0.29, 0.717) is 19.0 Å². The normalized spacial score (nSPS) is 23.4. The molecule has 1 aromatic heterocycles. The summed E-state index contributed by atoms with van der Waals surface area (Å²) in [5.41, 5.74) is 0. The van der Waals surface area contributed by atoms with Gasteiger partial charge < -0.3 is 14.7 Å². The average Bonchev–Trinajstić information content (AvgIpc) is 3.19. The first-order valence-electron chi connectivity index (χ1n) is 7.47. The summed E-state index contributed by atoms with van der Waals surface area (Å²) < 4.78 is 5.23. The molecule has 3 rings (SSSR count). The quantitative estimate of drug-likeness (QED) is 0.811. The summed E-state index contributed by atoms with van der Waals surface area (Å²) in [5.74, 6) is 0.568. The minimum atomic E-state index is -0.138. The van der Waals surface area contributed by atoms with Crippen molar-refractivity contribution in [2.75, 3.05) is 39.3 Å². The topological polar surface area (TPSA) is 74.5 Å². The molecule has 2 aliphatic heterocycles. The molecule has 0 bridgehead atoms. The van der Waals surface area contributed by atoms with Gasteiger partial charge in [-0.15, -0.1) is 6.58 Å². The second-order valence-electron chi connectivity index (χ2n) is 5.49. The van der Waals surface area contributed by atoms with Gasteiger partial charge in [-0.05, 0) is 19.4 Å². The monoisotopic (exact) mass is 291 g/mol. The molecule has 7 nitrogen and oxygen atoms in total. The van der Waals surface area contributed by atoms with E-state index >= 15 is 0 Å². The van der Waals surface area contributed by atoms with Gasteiger partial charge in [0.2, 0.25) is 5.89 Å². The molecule has 1 aromatic rings. The lowest BCUT2D eigenvalue weighted by Gasteiger charge is -2.33. The van der Waals surface area contributed by atoms with E-state index in [1.165, 1.54) is 0 Å². The molecule has 2 aliphatic rings. The van der Waals surface area contributed by atoms with Crippen molar-refractivity contribution < 1.29 is 9.32 Å². The Bertz CT molecular complexity index is 501. The highest BCUT2D eigenvalue weighted by Gasteiger charge is 2.28. The number of aromatic nitrogens is 2. The second kappa shape index (κ2) is 6.36. The summed E-state index contributed by atoms with van der Waals surface area (Å²) >= 11 is 0. The zero-order chi connectivity index (χ0) is 14.7. The molecule has 21 heavy (non-hydrogen) atoms. The van der Waals surface area contributed by atoms with E-state index < -0.39 is 0 Å². The molecule has 7 heteroatoms. The molecule has 1 unspecified atom stereocenters. The van der Waals surface area contributed by atoms with Crippen molar-refractivity contribution >= 4 is 5.91 Å². The van der Waals surface area contributed by atoms with Gasteiger partial charge in [-0.3, -0.25) is 9.69 Å². The van der Waals surface area contributed by atoms with Crippen molar-refractivity contribution in [2.24, 2.45) is 0 Å². The van der Waals surface area contributed by atoms with Crippen LogP contribution in [0.2, 0.25) is 0 Å². The van der Waals surface area contributed by atoms with Gasteiger partial charge in [0.25, 0.3) is 11.7 Å². The summed E-state index contributed by atoms with van der Waals surface area (Å²) in [4.78, 5) is 20.7. The van der Waals surface area contributed by atoms with Gasteiger partial charge >= 0.3 is 0 Å². The van der Waals surface area contributed by atoms with E-state index in [2.05, 4.69) is 26.9 Å². The molecule has 0 aromatic carbocycles. The van der Waals surface area contributed by atoms with E-state index in [0.717, 1.165) is 39.0 Å². The molecule has 1 atom stereocenters. The molecule has 0 radical (unpaired) electrons. The number of piperazine rings is 1. The van der Waals surface area contributed by atoms with E-state index in [1.807, 2.05) is 6.08 Å². The van der Waals surface area contributed by atoms with Crippen LogP contribution < -0.4 is 5.32 Å². The highest BCUT2D eigenvalue weighted by Crippen LogP contribution is 2.21. The van der Waals surface area contributed by atoms with Crippen molar-refractivity contribution in [3.8, 4) is 0 Å². The Morgan fingerprint density at radius 2 is 2.24 bits per heavy atom. The Morgan fingerprint density at radius 1 is 1.43 bits per heavy atom. The maximum absolute atomic E-state index is 12.4. The molecule has 1 N–H and O–H groups in total. The highest BCUT2D eigenvalue weighted by atomic mass is 16.5. The number of rotatable bonds is 4. The molecule has 0 saturated carbocycles. The van der Waals surface area contributed by atoms with Crippen LogP contribution in [0.15, 0.2) is 17.2 Å². The SMILES string of the molecule is C=CCN1CCN(C(=O)c2noc(C3CCCN3)n2)CC1. The molecular formula is C14H21N5O2. The Morgan fingerprint density at radius 3 is 2.90 bits per heavy atom. The van der Waals surface area contributed by atoms with Crippen LogP contribution in [0.3, 0.4) is 0 Å². The van der Waals surface area contributed by atoms with Gasteiger partial charge in [0, 0.05) is 32.7 Å². The first-order valence-corrected chi connectivity index (χ1v) is 7.47.